The van der Waals surface area contributed by atoms with Gasteiger partial charge in [-0.1, -0.05) is 19.3 Å². The molecule has 0 aromatic carbocycles. The normalized spacial score (nSPS) is 16.1. The van der Waals surface area contributed by atoms with Gasteiger partial charge in [0.05, 0.1) is 35.9 Å². The van der Waals surface area contributed by atoms with Crippen LogP contribution in [0.15, 0.2) is 12.3 Å². The van der Waals surface area contributed by atoms with E-state index < -0.39 is 0 Å². The molecular weight excluding hydrogens is 254 g/mol. The summed E-state index contributed by atoms with van der Waals surface area (Å²) < 4.78 is 5.77. The Bertz CT molecular complexity index is 456. The molecule has 0 atom stereocenters. The van der Waals surface area contributed by atoms with E-state index in [1.165, 1.54) is 19.3 Å². The van der Waals surface area contributed by atoms with Gasteiger partial charge in [-0.15, -0.1) is 0 Å². The standard InChI is InChI=1S/C15H23N3O2/c1-11-14(9-12(16)10-18-11)15(19)17-7-8-20-13-5-3-2-4-6-13/h9-10,13H,2-8,16H2,1H3,(H,17,19). The Hall–Kier alpha value is -1.62. The molecule has 1 amide bonds. The molecule has 1 aromatic heterocycles. The van der Waals surface area contributed by atoms with Gasteiger partial charge in [0, 0.05) is 6.54 Å². The van der Waals surface area contributed by atoms with Crippen LogP contribution in [0.4, 0.5) is 5.69 Å². The number of aryl methyl sites for hydroxylation is 1. The first kappa shape index (κ1) is 14.8. The van der Waals surface area contributed by atoms with Crippen LogP contribution in [0.5, 0.6) is 0 Å². The molecule has 3 N–H and O–H groups in total. The lowest BCUT2D eigenvalue weighted by Gasteiger charge is -2.22. The second kappa shape index (κ2) is 7.24. The van der Waals surface area contributed by atoms with Crippen molar-refractivity contribution in [1.29, 1.82) is 0 Å². The number of ether oxygens (including phenoxy) is 1. The molecule has 1 fully saturated rings. The van der Waals surface area contributed by atoms with Crippen molar-refractivity contribution in [2.45, 2.75) is 45.1 Å². The number of carbonyl (C=O) groups excluding carboxylic acids is 1. The molecular formula is C15H23N3O2. The van der Waals surface area contributed by atoms with Crippen molar-refractivity contribution in [3.8, 4) is 0 Å². The minimum absolute atomic E-state index is 0.144. The Balaban J connectivity index is 1.73. The average molecular weight is 277 g/mol. The summed E-state index contributed by atoms with van der Waals surface area (Å²) in [5.41, 5.74) is 7.37. The fourth-order valence-electron chi connectivity index (χ4n) is 2.50. The van der Waals surface area contributed by atoms with E-state index in [0.29, 0.717) is 36.2 Å². The van der Waals surface area contributed by atoms with Gasteiger partial charge in [-0.25, -0.2) is 0 Å². The van der Waals surface area contributed by atoms with Crippen molar-refractivity contribution in [1.82, 2.24) is 10.3 Å². The summed E-state index contributed by atoms with van der Waals surface area (Å²) in [4.78, 5) is 16.1. The Morgan fingerprint density at radius 1 is 1.45 bits per heavy atom. The summed E-state index contributed by atoms with van der Waals surface area (Å²) in [6.07, 6.45) is 8.04. The molecule has 0 radical (unpaired) electrons. The van der Waals surface area contributed by atoms with E-state index in [0.717, 1.165) is 12.8 Å². The quantitative estimate of drug-likeness (QED) is 0.808. The van der Waals surface area contributed by atoms with Gasteiger partial charge in [0.1, 0.15) is 0 Å². The molecule has 20 heavy (non-hydrogen) atoms. The number of carbonyl (C=O) groups is 1. The molecule has 0 bridgehead atoms. The van der Waals surface area contributed by atoms with E-state index >= 15 is 0 Å². The summed E-state index contributed by atoms with van der Waals surface area (Å²) in [5, 5.41) is 2.85. The summed E-state index contributed by atoms with van der Waals surface area (Å²) in [7, 11) is 0. The Morgan fingerprint density at radius 3 is 2.95 bits per heavy atom. The number of amides is 1. The number of rotatable bonds is 5. The molecule has 1 aliphatic rings. The fourth-order valence-corrected chi connectivity index (χ4v) is 2.50. The third-order valence-corrected chi connectivity index (χ3v) is 3.65. The van der Waals surface area contributed by atoms with Crippen LogP contribution in [-0.2, 0) is 4.74 Å². The van der Waals surface area contributed by atoms with Gasteiger partial charge in [0.25, 0.3) is 5.91 Å². The number of pyridine rings is 1. The molecule has 2 rings (SSSR count). The first-order valence-corrected chi connectivity index (χ1v) is 7.29. The van der Waals surface area contributed by atoms with Crippen LogP contribution < -0.4 is 11.1 Å². The van der Waals surface area contributed by atoms with Crippen molar-refractivity contribution in [3.05, 3.63) is 23.5 Å². The fraction of sp³-hybridized carbons (Fsp3) is 0.600. The molecule has 1 heterocycles. The van der Waals surface area contributed by atoms with E-state index in [2.05, 4.69) is 10.3 Å². The van der Waals surface area contributed by atoms with Gasteiger partial charge in [-0.2, -0.15) is 0 Å². The van der Waals surface area contributed by atoms with Gasteiger partial charge < -0.3 is 15.8 Å². The highest BCUT2D eigenvalue weighted by molar-refractivity contribution is 5.95. The highest BCUT2D eigenvalue weighted by atomic mass is 16.5. The van der Waals surface area contributed by atoms with Crippen LogP contribution in [-0.4, -0.2) is 30.1 Å². The molecule has 5 heteroatoms. The summed E-state index contributed by atoms with van der Waals surface area (Å²) in [6, 6.07) is 1.65. The Kier molecular flexibility index (Phi) is 5.35. The molecule has 0 spiro atoms. The lowest BCUT2D eigenvalue weighted by Crippen LogP contribution is -2.30. The number of nitrogens with two attached hydrogens (primary N) is 1. The largest absolute Gasteiger partial charge is 0.397 e. The van der Waals surface area contributed by atoms with Crippen molar-refractivity contribution in [2.75, 3.05) is 18.9 Å². The first-order valence-electron chi connectivity index (χ1n) is 7.29. The number of nitrogens with zero attached hydrogens (tertiary/aromatic N) is 1. The maximum absolute atomic E-state index is 12.0. The number of hydrogen-bond donors (Lipinski definition) is 2. The highest BCUT2D eigenvalue weighted by Gasteiger charge is 2.14. The van der Waals surface area contributed by atoms with E-state index in [1.54, 1.807) is 19.2 Å². The second-order valence-electron chi connectivity index (χ2n) is 5.29. The number of anilines is 1. The van der Waals surface area contributed by atoms with E-state index in [4.69, 9.17) is 10.5 Å². The van der Waals surface area contributed by atoms with Crippen LogP contribution in [0.1, 0.15) is 48.2 Å². The van der Waals surface area contributed by atoms with Crippen molar-refractivity contribution in [2.24, 2.45) is 0 Å². The number of nitrogens with one attached hydrogen (secondary N) is 1. The van der Waals surface area contributed by atoms with E-state index in [1.807, 2.05) is 0 Å². The van der Waals surface area contributed by atoms with E-state index in [9.17, 15) is 4.79 Å². The van der Waals surface area contributed by atoms with Crippen LogP contribution in [0, 0.1) is 6.92 Å². The molecule has 0 aliphatic heterocycles. The SMILES string of the molecule is Cc1ncc(N)cc1C(=O)NCCOC1CCCCC1. The van der Waals surface area contributed by atoms with Gasteiger partial charge in [-0.3, -0.25) is 9.78 Å². The third kappa shape index (κ3) is 4.20. The molecule has 5 nitrogen and oxygen atoms in total. The molecule has 0 unspecified atom stereocenters. The number of aromatic nitrogens is 1. The van der Waals surface area contributed by atoms with Crippen LogP contribution in [0.3, 0.4) is 0 Å². The van der Waals surface area contributed by atoms with Crippen LogP contribution >= 0.6 is 0 Å². The monoisotopic (exact) mass is 277 g/mol. The first-order chi connectivity index (χ1) is 9.66. The van der Waals surface area contributed by atoms with Gasteiger partial charge in [0.2, 0.25) is 0 Å². The Morgan fingerprint density at radius 2 is 2.20 bits per heavy atom. The average Bonchev–Trinajstić information content (AvgIpc) is 2.47. The zero-order valence-corrected chi connectivity index (χ0v) is 12.0. The zero-order valence-electron chi connectivity index (χ0n) is 12.0. The molecule has 0 saturated heterocycles. The van der Waals surface area contributed by atoms with Crippen molar-refractivity contribution >= 4 is 11.6 Å². The molecule has 1 aromatic rings. The minimum Gasteiger partial charge on any atom is -0.397 e. The third-order valence-electron chi connectivity index (χ3n) is 3.65. The van der Waals surface area contributed by atoms with Crippen molar-refractivity contribution in [3.63, 3.8) is 0 Å². The molecule has 110 valence electrons. The highest BCUT2D eigenvalue weighted by Crippen LogP contribution is 2.19. The maximum Gasteiger partial charge on any atom is 0.253 e. The molecule has 1 saturated carbocycles. The van der Waals surface area contributed by atoms with Crippen LogP contribution in [0.2, 0.25) is 0 Å². The summed E-state index contributed by atoms with van der Waals surface area (Å²) in [5.74, 6) is -0.144. The summed E-state index contributed by atoms with van der Waals surface area (Å²) in [6.45, 7) is 2.88. The van der Waals surface area contributed by atoms with E-state index in [-0.39, 0.29) is 5.91 Å². The smallest absolute Gasteiger partial charge is 0.253 e. The number of hydrogen-bond acceptors (Lipinski definition) is 4. The zero-order chi connectivity index (χ0) is 14.4. The minimum atomic E-state index is -0.144. The maximum atomic E-state index is 12.0. The van der Waals surface area contributed by atoms with Gasteiger partial charge >= 0.3 is 0 Å². The summed E-state index contributed by atoms with van der Waals surface area (Å²) >= 11 is 0. The number of nitrogen functional groups attached to an aromatic ring is 1. The Labute approximate surface area is 119 Å². The van der Waals surface area contributed by atoms with Crippen LogP contribution in [0.25, 0.3) is 0 Å². The lowest BCUT2D eigenvalue weighted by molar-refractivity contribution is 0.0299. The predicted molar refractivity (Wildman–Crippen MR) is 78.5 cm³/mol. The van der Waals surface area contributed by atoms with Gasteiger partial charge in [0.15, 0.2) is 0 Å². The molecule has 1 aliphatic carbocycles. The topological polar surface area (TPSA) is 77.2 Å². The second-order valence-corrected chi connectivity index (χ2v) is 5.29. The van der Waals surface area contributed by atoms with Gasteiger partial charge in [-0.05, 0) is 25.8 Å². The predicted octanol–water partition coefficient (Wildman–Crippen LogP) is 2.05. The van der Waals surface area contributed by atoms with Crippen molar-refractivity contribution < 1.29 is 9.53 Å². The lowest BCUT2D eigenvalue weighted by atomic mass is 9.98.